The quantitative estimate of drug-likeness (QED) is 0.692. The first-order valence-corrected chi connectivity index (χ1v) is 9.74. The average molecular weight is 392 g/mol. The number of benzene rings is 2. The van der Waals surface area contributed by atoms with Gasteiger partial charge in [0.05, 0.1) is 18.7 Å². The van der Waals surface area contributed by atoms with Gasteiger partial charge in [0.25, 0.3) is 0 Å². The molecular formula is C23H24N2O4. The van der Waals surface area contributed by atoms with Crippen LogP contribution < -0.4 is 4.74 Å². The largest absolute Gasteiger partial charge is 0.482 e. The molecule has 2 aromatic carbocycles. The number of morpholine rings is 1. The maximum absolute atomic E-state index is 11.0. The van der Waals surface area contributed by atoms with E-state index in [0.717, 1.165) is 46.4 Å². The second kappa shape index (κ2) is 8.59. The molecule has 1 N–H and O–H groups in total. The molecule has 0 radical (unpaired) electrons. The highest BCUT2D eigenvalue weighted by molar-refractivity contribution is 5.94. The molecular weight excluding hydrogens is 368 g/mol. The van der Waals surface area contributed by atoms with Crippen LogP contribution in [0.4, 0.5) is 0 Å². The predicted molar refractivity (Wildman–Crippen MR) is 111 cm³/mol. The molecule has 3 aromatic rings. The van der Waals surface area contributed by atoms with E-state index in [-0.39, 0.29) is 6.61 Å². The Morgan fingerprint density at radius 1 is 1.17 bits per heavy atom. The molecule has 0 amide bonds. The van der Waals surface area contributed by atoms with Crippen molar-refractivity contribution in [3.63, 3.8) is 0 Å². The standard InChI is InChI=1S/C23H24N2O4/c1-16-12-20(19-4-2-3-5-21(19)24-16)17-6-7-22(29-15-23(26)27)18(13-17)14-25-8-10-28-11-9-25/h2-7,12-13H,8-11,14-15H2,1H3,(H,26,27). The van der Waals surface area contributed by atoms with E-state index in [9.17, 15) is 4.79 Å². The third-order valence-corrected chi connectivity index (χ3v) is 5.06. The average Bonchev–Trinajstić information content (AvgIpc) is 2.73. The van der Waals surface area contributed by atoms with Gasteiger partial charge < -0.3 is 14.6 Å². The molecule has 1 aromatic heterocycles. The number of fused-ring (bicyclic) bond motifs is 1. The molecule has 0 spiro atoms. The smallest absolute Gasteiger partial charge is 0.341 e. The van der Waals surface area contributed by atoms with Crippen LogP contribution in [0.15, 0.2) is 48.5 Å². The fraction of sp³-hybridized carbons (Fsp3) is 0.304. The molecule has 0 bridgehead atoms. The number of hydrogen-bond acceptors (Lipinski definition) is 5. The van der Waals surface area contributed by atoms with Crippen LogP contribution in [0.2, 0.25) is 0 Å². The highest BCUT2D eigenvalue weighted by Crippen LogP contribution is 2.32. The SMILES string of the molecule is Cc1cc(-c2ccc(OCC(=O)O)c(CN3CCOCC3)c2)c2ccccc2n1. The number of rotatable bonds is 6. The Morgan fingerprint density at radius 2 is 1.97 bits per heavy atom. The van der Waals surface area contributed by atoms with Crippen LogP contribution in [0.25, 0.3) is 22.0 Å². The van der Waals surface area contributed by atoms with Crippen LogP contribution >= 0.6 is 0 Å². The summed E-state index contributed by atoms with van der Waals surface area (Å²) in [6.07, 6.45) is 0. The van der Waals surface area contributed by atoms with Crippen molar-refractivity contribution in [3.05, 3.63) is 59.8 Å². The molecule has 0 atom stereocenters. The van der Waals surface area contributed by atoms with Crippen LogP contribution in [0.3, 0.4) is 0 Å². The fourth-order valence-corrected chi connectivity index (χ4v) is 3.70. The molecule has 6 heteroatoms. The Kier molecular flexibility index (Phi) is 5.74. The summed E-state index contributed by atoms with van der Waals surface area (Å²) in [6, 6.07) is 16.2. The Balaban J connectivity index is 1.74. The predicted octanol–water partition coefficient (Wildman–Crippen LogP) is 3.51. The molecule has 1 saturated heterocycles. The van der Waals surface area contributed by atoms with Gasteiger partial charge in [0.2, 0.25) is 0 Å². The van der Waals surface area contributed by atoms with Gasteiger partial charge in [-0.3, -0.25) is 9.88 Å². The van der Waals surface area contributed by atoms with Gasteiger partial charge >= 0.3 is 5.97 Å². The number of carboxylic acid groups (broad SMARTS) is 1. The number of carbonyl (C=O) groups is 1. The van der Waals surface area contributed by atoms with Crippen molar-refractivity contribution in [1.29, 1.82) is 0 Å². The first-order chi connectivity index (χ1) is 14.1. The minimum absolute atomic E-state index is 0.354. The number of nitrogens with zero attached hydrogens (tertiary/aromatic N) is 2. The van der Waals surface area contributed by atoms with E-state index in [0.29, 0.717) is 25.5 Å². The maximum atomic E-state index is 11.0. The van der Waals surface area contributed by atoms with Gasteiger partial charge in [-0.05, 0) is 42.3 Å². The molecule has 4 rings (SSSR count). The van der Waals surface area contributed by atoms with E-state index in [1.54, 1.807) is 0 Å². The van der Waals surface area contributed by atoms with E-state index in [2.05, 4.69) is 28.1 Å². The summed E-state index contributed by atoms with van der Waals surface area (Å²) < 4.78 is 11.0. The van der Waals surface area contributed by atoms with Gasteiger partial charge in [-0.15, -0.1) is 0 Å². The van der Waals surface area contributed by atoms with Gasteiger partial charge in [-0.2, -0.15) is 0 Å². The first-order valence-electron chi connectivity index (χ1n) is 9.74. The lowest BCUT2D eigenvalue weighted by molar-refractivity contribution is -0.139. The number of aliphatic carboxylic acids is 1. The highest BCUT2D eigenvalue weighted by Gasteiger charge is 2.16. The van der Waals surface area contributed by atoms with E-state index >= 15 is 0 Å². The van der Waals surface area contributed by atoms with Gasteiger partial charge in [0.15, 0.2) is 6.61 Å². The molecule has 0 saturated carbocycles. The van der Waals surface area contributed by atoms with Crippen LogP contribution in [0.1, 0.15) is 11.3 Å². The van der Waals surface area contributed by atoms with Crippen LogP contribution in [0, 0.1) is 6.92 Å². The lowest BCUT2D eigenvalue weighted by Crippen LogP contribution is -2.35. The molecule has 0 aliphatic carbocycles. The lowest BCUT2D eigenvalue weighted by Gasteiger charge is -2.27. The summed E-state index contributed by atoms with van der Waals surface area (Å²) in [6.45, 7) is 5.44. The van der Waals surface area contributed by atoms with Crippen molar-refractivity contribution in [2.45, 2.75) is 13.5 Å². The van der Waals surface area contributed by atoms with Gasteiger partial charge in [0.1, 0.15) is 5.75 Å². The maximum Gasteiger partial charge on any atom is 0.341 e. The van der Waals surface area contributed by atoms with Crippen molar-refractivity contribution in [2.24, 2.45) is 0 Å². The molecule has 6 nitrogen and oxygen atoms in total. The zero-order chi connectivity index (χ0) is 20.2. The van der Waals surface area contributed by atoms with Crippen molar-refractivity contribution in [1.82, 2.24) is 9.88 Å². The second-order valence-corrected chi connectivity index (χ2v) is 7.22. The Hall–Kier alpha value is -2.96. The highest BCUT2D eigenvalue weighted by atomic mass is 16.5. The van der Waals surface area contributed by atoms with E-state index < -0.39 is 5.97 Å². The summed E-state index contributed by atoms with van der Waals surface area (Å²) in [5.41, 5.74) is 5.08. The zero-order valence-corrected chi connectivity index (χ0v) is 16.4. The zero-order valence-electron chi connectivity index (χ0n) is 16.4. The minimum atomic E-state index is -0.984. The Bertz CT molecular complexity index is 1030. The number of pyridine rings is 1. The van der Waals surface area contributed by atoms with Crippen molar-refractivity contribution in [3.8, 4) is 16.9 Å². The second-order valence-electron chi connectivity index (χ2n) is 7.22. The third kappa shape index (κ3) is 4.55. The molecule has 0 unspecified atom stereocenters. The monoisotopic (exact) mass is 392 g/mol. The Morgan fingerprint density at radius 3 is 2.76 bits per heavy atom. The van der Waals surface area contributed by atoms with E-state index in [1.165, 1.54) is 0 Å². The van der Waals surface area contributed by atoms with Crippen molar-refractivity contribution >= 4 is 16.9 Å². The molecule has 1 aliphatic rings. The number of para-hydroxylation sites is 1. The normalized spacial score (nSPS) is 14.8. The third-order valence-electron chi connectivity index (χ3n) is 5.06. The van der Waals surface area contributed by atoms with Crippen LogP contribution in [-0.2, 0) is 16.1 Å². The van der Waals surface area contributed by atoms with Crippen molar-refractivity contribution in [2.75, 3.05) is 32.9 Å². The summed E-state index contributed by atoms with van der Waals surface area (Å²) in [5.74, 6) is -0.375. The number of carboxylic acids is 1. The number of ether oxygens (including phenoxy) is 2. The molecule has 1 fully saturated rings. The van der Waals surface area contributed by atoms with Gasteiger partial charge in [-0.25, -0.2) is 4.79 Å². The summed E-state index contributed by atoms with van der Waals surface area (Å²) in [5, 5.41) is 10.1. The molecule has 29 heavy (non-hydrogen) atoms. The molecule has 1 aliphatic heterocycles. The van der Waals surface area contributed by atoms with Crippen LogP contribution in [-0.4, -0.2) is 53.9 Å². The number of hydrogen-bond donors (Lipinski definition) is 1. The minimum Gasteiger partial charge on any atom is -0.482 e. The Labute approximate surface area is 169 Å². The fourth-order valence-electron chi connectivity index (χ4n) is 3.70. The summed E-state index contributed by atoms with van der Waals surface area (Å²) >= 11 is 0. The summed E-state index contributed by atoms with van der Waals surface area (Å²) in [4.78, 5) is 17.9. The van der Waals surface area contributed by atoms with E-state index in [1.807, 2.05) is 37.3 Å². The van der Waals surface area contributed by atoms with Gasteiger partial charge in [0, 0.05) is 36.3 Å². The summed E-state index contributed by atoms with van der Waals surface area (Å²) in [7, 11) is 0. The molecule has 150 valence electrons. The number of aromatic nitrogens is 1. The van der Waals surface area contributed by atoms with Crippen molar-refractivity contribution < 1.29 is 19.4 Å². The van der Waals surface area contributed by atoms with Crippen LogP contribution in [0.5, 0.6) is 5.75 Å². The van der Waals surface area contributed by atoms with Gasteiger partial charge in [-0.1, -0.05) is 24.3 Å². The molecule has 2 heterocycles. The van der Waals surface area contributed by atoms with E-state index in [4.69, 9.17) is 14.6 Å². The first kappa shape index (κ1) is 19.4. The lowest BCUT2D eigenvalue weighted by atomic mass is 9.98. The topological polar surface area (TPSA) is 71.9 Å². The number of aryl methyl sites for hydroxylation is 1.